The first-order valence-corrected chi connectivity index (χ1v) is 9.40. The highest BCUT2D eigenvalue weighted by Gasteiger charge is 2.50. The van der Waals surface area contributed by atoms with Crippen LogP contribution in [0.4, 0.5) is 10.1 Å². The molecule has 4 rings (SSSR count). The van der Waals surface area contributed by atoms with Gasteiger partial charge >= 0.3 is 0 Å². The predicted molar refractivity (Wildman–Crippen MR) is 102 cm³/mol. The molecule has 28 heavy (non-hydrogen) atoms. The Morgan fingerprint density at radius 1 is 1.25 bits per heavy atom. The van der Waals surface area contributed by atoms with Crippen LogP contribution in [0.1, 0.15) is 18.9 Å². The van der Waals surface area contributed by atoms with Crippen LogP contribution < -0.4 is 4.90 Å². The summed E-state index contributed by atoms with van der Waals surface area (Å²) in [4.78, 5) is 30.8. The standard InChI is InChI=1S/C20H24FN5O2/c1-15(27)26-12-19(28)25(18-9-22-23(2)11-18)14-20(26)7-8-24(13-20)10-16-3-5-17(21)6-4-16/h3-6,9,11H,7-8,10,12-14H2,1-2H3/t20-/m0/s1. The van der Waals surface area contributed by atoms with Gasteiger partial charge in [0, 0.05) is 39.8 Å². The topological polar surface area (TPSA) is 61.7 Å². The second kappa shape index (κ2) is 7.01. The molecule has 2 aliphatic heterocycles. The van der Waals surface area contributed by atoms with Crippen LogP contribution in [-0.2, 0) is 23.2 Å². The van der Waals surface area contributed by atoms with E-state index in [1.807, 2.05) is 13.2 Å². The van der Waals surface area contributed by atoms with Gasteiger partial charge in [-0.2, -0.15) is 5.10 Å². The molecule has 148 valence electrons. The number of hydrogen-bond donors (Lipinski definition) is 0. The Labute approximate surface area is 163 Å². The van der Waals surface area contributed by atoms with E-state index in [2.05, 4.69) is 10.00 Å². The van der Waals surface area contributed by atoms with Crippen molar-refractivity contribution in [2.45, 2.75) is 25.4 Å². The fraction of sp³-hybridized carbons (Fsp3) is 0.450. The Bertz CT molecular complexity index is 896. The van der Waals surface area contributed by atoms with E-state index < -0.39 is 5.54 Å². The maximum absolute atomic E-state index is 13.2. The van der Waals surface area contributed by atoms with Crippen LogP contribution in [0.15, 0.2) is 36.7 Å². The van der Waals surface area contributed by atoms with Crippen LogP contribution in [0, 0.1) is 5.82 Å². The molecule has 2 amide bonds. The zero-order valence-electron chi connectivity index (χ0n) is 16.1. The Balaban J connectivity index is 1.56. The number of aromatic nitrogens is 2. The summed E-state index contributed by atoms with van der Waals surface area (Å²) < 4.78 is 14.8. The minimum atomic E-state index is -0.421. The van der Waals surface area contributed by atoms with E-state index in [1.165, 1.54) is 19.1 Å². The highest BCUT2D eigenvalue weighted by molar-refractivity contribution is 5.98. The molecule has 0 unspecified atom stereocenters. The van der Waals surface area contributed by atoms with Gasteiger partial charge in [-0.25, -0.2) is 4.39 Å². The van der Waals surface area contributed by atoms with Crippen LogP contribution in [0.2, 0.25) is 0 Å². The van der Waals surface area contributed by atoms with Gasteiger partial charge in [0.2, 0.25) is 11.8 Å². The Morgan fingerprint density at radius 2 is 2.00 bits per heavy atom. The molecule has 1 aromatic heterocycles. The SMILES string of the molecule is CC(=O)N1CC(=O)N(c2cnn(C)c2)C[C@@]12CCN(Cc1ccc(F)cc1)C2. The second-order valence-electron chi connectivity index (χ2n) is 7.77. The zero-order chi connectivity index (χ0) is 19.9. The van der Waals surface area contributed by atoms with E-state index in [0.29, 0.717) is 19.6 Å². The van der Waals surface area contributed by atoms with E-state index in [0.717, 1.165) is 24.2 Å². The Kier molecular flexibility index (Phi) is 4.66. The average molecular weight is 385 g/mol. The van der Waals surface area contributed by atoms with E-state index in [-0.39, 0.29) is 24.2 Å². The Hall–Kier alpha value is -2.74. The number of benzene rings is 1. The number of hydrogen-bond acceptors (Lipinski definition) is 4. The fourth-order valence-corrected chi connectivity index (χ4v) is 4.36. The van der Waals surface area contributed by atoms with Crippen molar-refractivity contribution < 1.29 is 14.0 Å². The van der Waals surface area contributed by atoms with Gasteiger partial charge in [0.25, 0.3) is 0 Å². The minimum absolute atomic E-state index is 0.0780. The van der Waals surface area contributed by atoms with Crippen molar-refractivity contribution in [3.63, 3.8) is 0 Å². The lowest BCUT2D eigenvalue weighted by Crippen LogP contribution is -2.66. The van der Waals surface area contributed by atoms with Gasteiger partial charge in [-0.15, -0.1) is 0 Å². The summed E-state index contributed by atoms with van der Waals surface area (Å²) in [6.45, 7) is 4.24. The van der Waals surface area contributed by atoms with Gasteiger partial charge in [0.05, 0.1) is 24.0 Å². The molecule has 7 nitrogen and oxygen atoms in total. The number of piperazine rings is 1. The molecule has 8 heteroatoms. The number of amides is 2. The van der Waals surface area contributed by atoms with Crippen LogP contribution in [0.3, 0.4) is 0 Å². The lowest BCUT2D eigenvalue weighted by molar-refractivity contribution is -0.142. The summed E-state index contributed by atoms with van der Waals surface area (Å²) in [5, 5.41) is 4.17. The van der Waals surface area contributed by atoms with Gasteiger partial charge in [-0.1, -0.05) is 12.1 Å². The third-order valence-corrected chi connectivity index (χ3v) is 5.73. The highest BCUT2D eigenvalue weighted by Crippen LogP contribution is 2.35. The van der Waals surface area contributed by atoms with Crippen molar-refractivity contribution >= 4 is 17.5 Å². The van der Waals surface area contributed by atoms with Crippen molar-refractivity contribution in [2.24, 2.45) is 7.05 Å². The summed E-state index contributed by atoms with van der Waals surface area (Å²) in [7, 11) is 1.82. The molecule has 1 aromatic carbocycles. The zero-order valence-corrected chi connectivity index (χ0v) is 16.1. The fourth-order valence-electron chi connectivity index (χ4n) is 4.36. The van der Waals surface area contributed by atoms with Gasteiger partial charge in [-0.3, -0.25) is 19.2 Å². The number of anilines is 1. The molecular formula is C20H24FN5O2. The number of halogens is 1. The third kappa shape index (κ3) is 3.40. The van der Waals surface area contributed by atoms with Crippen molar-refractivity contribution in [3.05, 3.63) is 48.0 Å². The molecule has 0 saturated carbocycles. The number of aryl methyl sites for hydroxylation is 1. The average Bonchev–Trinajstić information content (AvgIpc) is 3.26. The first-order chi connectivity index (χ1) is 13.4. The quantitative estimate of drug-likeness (QED) is 0.801. The van der Waals surface area contributed by atoms with Crippen LogP contribution in [0.25, 0.3) is 0 Å². The molecule has 2 aromatic rings. The smallest absolute Gasteiger partial charge is 0.246 e. The summed E-state index contributed by atoms with van der Waals surface area (Å²) in [6.07, 6.45) is 4.29. The van der Waals surface area contributed by atoms with Crippen molar-refractivity contribution in [3.8, 4) is 0 Å². The molecule has 0 radical (unpaired) electrons. The van der Waals surface area contributed by atoms with Gasteiger partial charge in [0.15, 0.2) is 0 Å². The summed E-state index contributed by atoms with van der Waals surface area (Å²) in [6, 6.07) is 6.50. The molecule has 2 aliphatic rings. The molecular weight excluding hydrogens is 361 g/mol. The predicted octanol–water partition coefficient (Wildman–Crippen LogP) is 1.40. The largest absolute Gasteiger partial charge is 0.325 e. The number of rotatable bonds is 3. The number of carbonyl (C=O) groups is 2. The third-order valence-electron chi connectivity index (χ3n) is 5.73. The lowest BCUT2D eigenvalue weighted by Gasteiger charge is -2.48. The first kappa shape index (κ1) is 18.6. The van der Waals surface area contributed by atoms with Crippen molar-refractivity contribution in [1.29, 1.82) is 0 Å². The molecule has 1 spiro atoms. The van der Waals surface area contributed by atoms with Gasteiger partial charge in [-0.05, 0) is 24.1 Å². The molecule has 0 bridgehead atoms. The molecule has 1 atom stereocenters. The minimum Gasteiger partial charge on any atom is -0.325 e. The maximum atomic E-state index is 13.2. The first-order valence-electron chi connectivity index (χ1n) is 9.40. The van der Waals surface area contributed by atoms with E-state index in [9.17, 15) is 14.0 Å². The van der Waals surface area contributed by atoms with Gasteiger partial charge in [0.1, 0.15) is 12.4 Å². The summed E-state index contributed by atoms with van der Waals surface area (Å²) >= 11 is 0. The van der Waals surface area contributed by atoms with Crippen LogP contribution in [-0.4, -0.2) is 63.1 Å². The normalized spacial score (nSPS) is 23.0. The van der Waals surface area contributed by atoms with Crippen LogP contribution >= 0.6 is 0 Å². The monoisotopic (exact) mass is 385 g/mol. The van der Waals surface area contributed by atoms with E-state index in [1.54, 1.807) is 32.8 Å². The maximum Gasteiger partial charge on any atom is 0.246 e. The number of carbonyl (C=O) groups excluding carboxylic acids is 2. The highest BCUT2D eigenvalue weighted by atomic mass is 19.1. The van der Waals surface area contributed by atoms with Crippen molar-refractivity contribution in [2.75, 3.05) is 31.1 Å². The van der Waals surface area contributed by atoms with Crippen LogP contribution in [0.5, 0.6) is 0 Å². The lowest BCUT2D eigenvalue weighted by atomic mass is 9.92. The van der Waals surface area contributed by atoms with E-state index >= 15 is 0 Å². The van der Waals surface area contributed by atoms with E-state index in [4.69, 9.17) is 0 Å². The van der Waals surface area contributed by atoms with Gasteiger partial charge < -0.3 is 9.80 Å². The number of likely N-dealkylation sites (tertiary alicyclic amines) is 1. The Morgan fingerprint density at radius 3 is 2.64 bits per heavy atom. The molecule has 2 saturated heterocycles. The molecule has 2 fully saturated rings. The summed E-state index contributed by atoms with van der Waals surface area (Å²) in [5.74, 6) is -0.420. The van der Waals surface area contributed by atoms with Crippen molar-refractivity contribution in [1.82, 2.24) is 19.6 Å². The number of nitrogens with zero attached hydrogens (tertiary/aromatic N) is 5. The molecule has 0 N–H and O–H groups in total. The second-order valence-corrected chi connectivity index (χ2v) is 7.77. The molecule has 3 heterocycles. The molecule has 0 aliphatic carbocycles. The summed E-state index contributed by atoms with van der Waals surface area (Å²) in [5.41, 5.74) is 1.37.